The fourth-order valence-corrected chi connectivity index (χ4v) is 5.33. The van der Waals surface area contributed by atoms with Crippen LogP contribution in [0, 0.1) is 6.92 Å². The summed E-state index contributed by atoms with van der Waals surface area (Å²) in [6, 6.07) is 5.42. The molecule has 0 saturated carbocycles. The zero-order chi connectivity index (χ0) is 14.8. The lowest BCUT2D eigenvalue weighted by atomic mass is 10.1. The molecule has 3 rings (SSSR count). The molecule has 2 unspecified atom stereocenters. The zero-order valence-corrected chi connectivity index (χ0v) is 13.7. The van der Waals surface area contributed by atoms with E-state index in [0.717, 1.165) is 29.1 Å². The molecular weight excluding hydrogens is 304 g/mol. The third kappa shape index (κ3) is 3.06. The first kappa shape index (κ1) is 14.8. The Hall–Kier alpha value is -1.14. The van der Waals surface area contributed by atoms with E-state index in [1.807, 2.05) is 42.6 Å². The molecule has 0 amide bonds. The standard InChI is InChI=1S/C15H18N2O2S2/c1-3-12-13(21-7-6-20-12)14-16-15(19-17-14)10-5-4-9(2)11(18)8-10/h4-5,8,12-13,18H,3,6-7H2,1-2H3. The maximum atomic E-state index is 9.80. The molecule has 1 saturated heterocycles. The van der Waals surface area contributed by atoms with Crippen molar-refractivity contribution in [2.75, 3.05) is 11.5 Å². The number of phenols is 1. The molecule has 4 nitrogen and oxygen atoms in total. The van der Waals surface area contributed by atoms with Gasteiger partial charge in [0.2, 0.25) is 0 Å². The summed E-state index contributed by atoms with van der Waals surface area (Å²) >= 11 is 3.90. The van der Waals surface area contributed by atoms with Crippen LogP contribution in [0.25, 0.3) is 11.5 Å². The summed E-state index contributed by atoms with van der Waals surface area (Å²) in [7, 11) is 0. The van der Waals surface area contributed by atoms with Crippen molar-refractivity contribution < 1.29 is 9.63 Å². The number of benzene rings is 1. The van der Waals surface area contributed by atoms with Crippen LogP contribution in [0.5, 0.6) is 5.75 Å². The number of aryl methyl sites for hydroxylation is 1. The maximum absolute atomic E-state index is 9.80. The van der Waals surface area contributed by atoms with Crippen LogP contribution in [0.4, 0.5) is 0 Å². The van der Waals surface area contributed by atoms with Crippen LogP contribution >= 0.6 is 23.5 Å². The summed E-state index contributed by atoms with van der Waals surface area (Å²) in [5.74, 6) is 3.82. The Morgan fingerprint density at radius 3 is 2.90 bits per heavy atom. The molecule has 0 spiro atoms. The molecule has 0 aliphatic carbocycles. The van der Waals surface area contributed by atoms with E-state index in [1.54, 1.807) is 6.07 Å². The molecule has 1 aliphatic rings. The van der Waals surface area contributed by atoms with E-state index in [4.69, 9.17) is 4.52 Å². The second kappa shape index (κ2) is 6.32. The highest BCUT2D eigenvalue weighted by molar-refractivity contribution is 8.06. The van der Waals surface area contributed by atoms with Gasteiger partial charge in [-0.15, -0.1) is 11.8 Å². The zero-order valence-electron chi connectivity index (χ0n) is 12.1. The lowest BCUT2D eigenvalue weighted by molar-refractivity contribution is 0.420. The van der Waals surface area contributed by atoms with Gasteiger partial charge in [-0.1, -0.05) is 18.1 Å². The molecule has 1 aromatic carbocycles. The van der Waals surface area contributed by atoms with Gasteiger partial charge in [0.25, 0.3) is 5.89 Å². The summed E-state index contributed by atoms with van der Waals surface area (Å²) in [5, 5.41) is 14.8. The van der Waals surface area contributed by atoms with E-state index < -0.39 is 0 Å². The highest BCUT2D eigenvalue weighted by Gasteiger charge is 2.30. The summed E-state index contributed by atoms with van der Waals surface area (Å²) < 4.78 is 5.40. The molecule has 2 atom stereocenters. The van der Waals surface area contributed by atoms with E-state index in [9.17, 15) is 5.11 Å². The van der Waals surface area contributed by atoms with Crippen molar-refractivity contribution >= 4 is 23.5 Å². The summed E-state index contributed by atoms with van der Waals surface area (Å²) in [6.45, 7) is 4.07. The minimum atomic E-state index is 0.251. The van der Waals surface area contributed by atoms with Crippen LogP contribution in [-0.2, 0) is 0 Å². The molecule has 2 aromatic rings. The largest absolute Gasteiger partial charge is 0.508 e. The molecule has 0 bridgehead atoms. The number of thioether (sulfide) groups is 2. The highest BCUT2D eigenvalue weighted by atomic mass is 32.2. The summed E-state index contributed by atoms with van der Waals surface area (Å²) in [4.78, 5) is 4.55. The van der Waals surface area contributed by atoms with Gasteiger partial charge in [0.05, 0.1) is 5.25 Å². The fraction of sp³-hybridized carbons (Fsp3) is 0.467. The number of hydrogen-bond acceptors (Lipinski definition) is 6. The Labute approximate surface area is 132 Å². The molecule has 1 fully saturated rings. The number of aromatic nitrogens is 2. The van der Waals surface area contributed by atoms with Gasteiger partial charge < -0.3 is 9.63 Å². The Morgan fingerprint density at radius 1 is 1.33 bits per heavy atom. The first-order valence-corrected chi connectivity index (χ1v) is 9.15. The van der Waals surface area contributed by atoms with Gasteiger partial charge in [-0.25, -0.2) is 0 Å². The quantitative estimate of drug-likeness (QED) is 0.920. The molecule has 1 aliphatic heterocycles. The molecule has 1 N–H and O–H groups in total. The predicted octanol–water partition coefficient (Wildman–Crippen LogP) is 4.05. The topological polar surface area (TPSA) is 59.2 Å². The van der Waals surface area contributed by atoms with Crippen molar-refractivity contribution in [3.05, 3.63) is 29.6 Å². The van der Waals surface area contributed by atoms with Gasteiger partial charge >= 0.3 is 0 Å². The van der Waals surface area contributed by atoms with Crippen LogP contribution in [-0.4, -0.2) is 32.0 Å². The normalized spacial score (nSPS) is 22.4. The van der Waals surface area contributed by atoms with Gasteiger partial charge in [0.15, 0.2) is 5.82 Å². The third-order valence-corrected chi connectivity index (χ3v) is 6.85. The monoisotopic (exact) mass is 322 g/mol. The lowest BCUT2D eigenvalue weighted by Gasteiger charge is -2.27. The minimum Gasteiger partial charge on any atom is -0.508 e. The van der Waals surface area contributed by atoms with E-state index >= 15 is 0 Å². The molecule has 21 heavy (non-hydrogen) atoms. The van der Waals surface area contributed by atoms with E-state index in [2.05, 4.69) is 17.1 Å². The molecule has 1 aromatic heterocycles. The first-order valence-electron chi connectivity index (χ1n) is 7.06. The number of nitrogens with zero attached hydrogens (tertiary/aromatic N) is 2. The van der Waals surface area contributed by atoms with Crippen molar-refractivity contribution in [1.29, 1.82) is 0 Å². The van der Waals surface area contributed by atoms with Crippen LogP contribution in [0.2, 0.25) is 0 Å². The third-order valence-electron chi connectivity index (χ3n) is 3.61. The van der Waals surface area contributed by atoms with E-state index in [-0.39, 0.29) is 5.75 Å². The van der Waals surface area contributed by atoms with Gasteiger partial charge in [0.1, 0.15) is 5.75 Å². The van der Waals surface area contributed by atoms with E-state index in [1.165, 1.54) is 5.75 Å². The van der Waals surface area contributed by atoms with Crippen LogP contribution in [0.1, 0.15) is 30.0 Å². The van der Waals surface area contributed by atoms with Gasteiger partial charge in [0, 0.05) is 22.3 Å². The second-order valence-corrected chi connectivity index (χ2v) is 7.66. The molecular formula is C15H18N2O2S2. The van der Waals surface area contributed by atoms with Crippen LogP contribution < -0.4 is 0 Å². The number of aromatic hydroxyl groups is 1. The maximum Gasteiger partial charge on any atom is 0.258 e. The SMILES string of the molecule is CCC1SCCSC1c1noc(-c2ccc(C)c(O)c2)n1. The second-order valence-electron chi connectivity index (χ2n) is 5.07. The van der Waals surface area contributed by atoms with Gasteiger partial charge in [-0.3, -0.25) is 0 Å². The van der Waals surface area contributed by atoms with E-state index in [0.29, 0.717) is 16.4 Å². The fourth-order valence-electron chi connectivity index (χ4n) is 2.35. The van der Waals surface area contributed by atoms with Crippen LogP contribution in [0.3, 0.4) is 0 Å². The molecule has 0 radical (unpaired) electrons. The average molecular weight is 322 g/mol. The molecule has 6 heteroatoms. The number of rotatable bonds is 3. The first-order chi connectivity index (χ1) is 10.2. The highest BCUT2D eigenvalue weighted by Crippen LogP contribution is 2.43. The van der Waals surface area contributed by atoms with Gasteiger partial charge in [-0.2, -0.15) is 16.7 Å². The number of hydrogen-bond donors (Lipinski definition) is 1. The molecule has 2 heterocycles. The van der Waals surface area contributed by atoms with Crippen molar-refractivity contribution in [3.63, 3.8) is 0 Å². The van der Waals surface area contributed by atoms with Crippen molar-refractivity contribution in [2.45, 2.75) is 30.8 Å². The average Bonchev–Trinajstić information content (AvgIpc) is 2.99. The summed E-state index contributed by atoms with van der Waals surface area (Å²) in [6.07, 6.45) is 1.11. The number of phenolic OH excluding ortho intramolecular Hbond substituents is 1. The Bertz CT molecular complexity index is 630. The van der Waals surface area contributed by atoms with Crippen molar-refractivity contribution in [2.24, 2.45) is 0 Å². The van der Waals surface area contributed by atoms with Gasteiger partial charge in [-0.05, 0) is 31.0 Å². The minimum absolute atomic E-state index is 0.251. The Kier molecular flexibility index (Phi) is 4.45. The Balaban J connectivity index is 1.86. The Morgan fingerprint density at radius 2 is 2.14 bits per heavy atom. The van der Waals surface area contributed by atoms with Crippen molar-refractivity contribution in [1.82, 2.24) is 10.1 Å². The smallest absolute Gasteiger partial charge is 0.258 e. The van der Waals surface area contributed by atoms with Crippen molar-refractivity contribution in [3.8, 4) is 17.2 Å². The van der Waals surface area contributed by atoms with Crippen LogP contribution in [0.15, 0.2) is 22.7 Å². The molecule has 112 valence electrons. The predicted molar refractivity (Wildman–Crippen MR) is 87.9 cm³/mol. The summed E-state index contributed by atoms with van der Waals surface area (Å²) in [5.41, 5.74) is 1.60. The lowest BCUT2D eigenvalue weighted by Crippen LogP contribution is -2.19.